The summed E-state index contributed by atoms with van der Waals surface area (Å²) < 4.78 is 29.9. The number of halogens is 1. The molecule has 0 spiro atoms. The van der Waals surface area contributed by atoms with Crippen molar-refractivity contribution in [2.75, 3.05) is 64.5 Å². The van der Waals surface area contributed by atoms with E-state index in [1.54, 1.807) is 73.8 Å². The van der Waals surface area contributed by atoms with Crippen molar-refractivity contribution in [3.05, 3.63) is 89.1 Å². The van der Waals surface area contributed by atoms with Crippen LogP contribution in [-0.2, 0) is 9.53 Å². The Morgan fingerprint density at radius 3 is 2.02 bits per heavy atom. The standard InChI is InChI=1S/C33H36FN3O5S/c1-40-23-21-36-19-17-35(18-20-36)16-2-3-22-41-28-14-8-27(9-15-28)37-32(38)31(43-33(37)39)24-25-4-10-29(11-5-25)42-30-12-6-26(34)7-13-30/h4-15,24H,2-3,16-23H2,1H3. The van der Waals surface area contributed by atoms with E-state index in [1.807, 2.05) is 0 Å². The van der Waals surface area contributed by atoms with E-state index < -0.39 is 0 Å². The number of hydrogen-bond acceptors (Lipinski definition) is 8. The Bertz CT molecular complexity index is 1390. The summed E-state index contributed by atoms with van der Waals surface area (Å²) >= 11 is 0.907. The molecule has 2 saturated heterocycles. The van der Waals surface area contributed by atoms with Crippen molar-refractivity contribution in [1.82, 2.24) is 9.80 Å². The Hall–Kier alpha value is -3.70. The predicted octanol–water partition coefficient (Wildman–Crippen LogP) is 6.28. The molecule has 2 aliphatic rings. The SMILES string of the molecule is COCCN1CCN(CCCCOc2ccc(N3C(=O)SC(=Cc4ccc(Oc5ccc(F)cc5)cc4)C3=O)cc2)CC1. The lowest BCUT2D eigenvalue weighted by atomic mass is 10.2. The zero-order chi connectivity index (χ0) is 30.0. The average Bonchev–Trinajstić information content (AvgIpc) is 3.30. The highest BCUT2D eigenvalue weighted by molar-refractivity contribution is 8.19. The fourth-order valence-corrected chi connectivity index (χ4v) is 5.73. The molecule has 43 heavy (non-hydrogen) atoms. The second-order valence-electron chi connectivity index (χ2n) is 10.4. The van der Waals surface area contributed by atoms with Crippen LogP contribution in [0.15, 0.2) is 77.7 Å². The number of anilines is 1. The zero-order valence-corrected chi connectivity index (χ0v) is 25.1. The van der Waals surface area contributed by atoms with Gasteiger partial charge in [0.15, 0.2) is 0 Å². The van der Waals surface area contributed by atoms with Crippen LogP contribution in [0.2, 0.25) is 0 Å². The van der Waals surface area contributed by atoms with Crippen LogP contribution in [0.3, 0.4) is 0 Å². The molecular formula is C33H36FN3O5S. The number of hydrogen-bond donors (Lipinski definition) is 0. The van der Waals surface area contributed by atoms with E-state index in [2.05, 4.69) is 9.80 Å². The molecule has 0 unspecified atom stereocenters. The topological polar surface area (TPSA) is 71.6 Å². The highest BCUT2D eigenvalue weighted by atomic mass is 32.2. The lowest BCUT2D eigenvalue weighted by Gasteiger charge is -2.34. The predicted molar refractivity (Wildman–Crippen MR) is 167 cm³/mol. The molecule has 0 aliphatic carbocycles. The van der Waals surface area contributed by atoms with Crippen molar-refractivity contribution in [3.8, 4) is 17.2 Å². The van der Waals surface area contributed by atoms with Gasteiger partial charge in [-0.25, -0.2) is 9.29 Å². The quantitative estimate of drug-likeness (QED) is 0.167. The van der Waals surface area contributed by atoms with E-state index in [0.717, 1.165) is 76.0 Å². The van der Waals surface area contributed by atoms with Gasteiger partial charge in [-0.15, -0.1) is 0 Å². The van der Waals surface area contributed by atoms with Crippen LogP contribution in [-0.4, -0.2) is 80.5 Å². The highest BCUT2D eigenvalue weighted by Crippen LogP contribution is 2.36. The van der Waals surface area contributed by atoms with E-state index in [1.165, 1.54) is 17.0 Å². The van der Waals surface area contributed by atoms with Gasteiger partial charge < -0.3 is 19.1 Å². The Kier molecular flexibility index (Phi) is 10.8. The average molecular weight is 606 g/mol. The molecule has 2 aliphatic heterocycles. The number of carbonyl (C=O) groups is 2. The van der Waals surface area contributed by atoms with Gasteiger partial charge in [0.2, 0.25) is 0 Å². The van der Waals surface area contributed by atoms with Crippen molar-refractivity contribution in [2.45, 2.75) is 12.8 Å². The first-order chi connectivity index (χ1) is 21.0. The van der Waals surface area contributed by atoms with Crippen LogP contribution < -0.4 is 14.4 Å². The molecule has 3 aromatic rings. The van der Waals surface area contributed by atoms with Crippen LogP contribution in [0.4, 0.5) is 14.9 Å². The molecule has 8 nitrogen and oxygen atoms in total. The summed E-state index contributed by atoms with van der Waals surface area (Å²) in [6, 6.07) is 19.9. The number of ether oxygens (including phenoxy) is 3. The zero-order valence-electron chi connectivity index (χ0n) is 24.2. The molecule has 0 bridgehead atoms. The largest absolute Gasteiger partial charge is 0.494 e. The fraction of sp³-hybridized carbons (Fsp3) is 0.333. The lowest BCUT2D eigenvalue weighted by molar-refractivity contribution is -0.113. The van der Waals surface area contributed by atoms with Crippen LogP contribution in [0, 0.1) is 5.82 Å². The second-order valence-corrected chi connectivity index (χ2v) is 11.4. The van der Waals surface area contributed by atoms with Gasteiger partial charge in [0.1, 0.15) is 23.1 Å². The normalized spacial score (nSPS) is 17.2. The number of rotatable bonds is 13. The molecule has 3 aromatic carbocycles. The van der Waals surface area contributed by atoms with Gasteiger partial charge in [-0.1, -0.05) is 12.1 Å². The minimum atomic E-state index is -0.366. The minimum absolute atomic E-state index is 0.332. The molecule has 0 aromatic heterocycles. The maximum atomic E-state index is 13.1. The number of methoxy groups -OCH3 is 1. The number of piperazine rings is 1. The summed E-state index contributed by atoms with van der Waals surface area (Å²) in [4.78, 5) is 32.3. The third kappa shape index (κ3) is 8.67. The van der Waals surface area contributed by atoms with Crippen LogP contribution in [0.1, 0.15) is 18.4 Å². The summed E-state index contributed by atoms with van der Waals surface area (Å²) in [6.07, 6.45) is 3.72. The summed E-state index contributed by atoms with van der Waals surface area (Å²) in [5.41, 5.74) is 1.26. The molecule has 10 heteroatoms. The molecule has 0 atom stereocenters. The monoisotopic (exact) mass is 605 g/mol. The second kappa shape index (κ2) is 15.2. The number of benzene rings is 3. The van der Waals surface area contributed by atoms with E-state index in [0.29, 0.717) is 34.4 Å². The van der Waals surface area contributed by atoms with E-state index in [4.69, 9.17) is 14.2 Å². The first kappa shape index (κ1) is 30.7. The molecule has 2 amide bonds. The van der Waals surface area contributed by atoms with Crippen LogP contribution in [0.5, 0.6) is 17.2 Å². The van der Waals surface area contributed by atoms with Gasteiger partial charge in [0, 0.05) is 39.8 Å². The molecular weight excluding hydrogens is 569 g/mol. The maximum absolute atomic E-state index is 13.1. The van der Waals surface area contributed by atoms with Crippen molar-refractivity contribution in [2.24, 2.45) is 0 Å². The molecule has 226 valence electrons. The van der Waals surface area contributed by atoms with Gasteiger partial charge in [0.05, 0.1) is 23.8 Å². The van der Waals surface area contributed by atoms with Gasteiger partial charge in [0.25, 0.3) is 11.1 Å². The number of imide groups is 1. The van der Waals surface area contributed by atoms with Crippen molar-refractivity contribution < 1.29 is 28.2 Å². The number of carbonyl (C=O) groups excluding carboxylic acids is 2. The lowest BCUT2D eigenvalue weighted by Crippen LogP contribution is -2.47. The third-order valence-electron chi connectivity index (χ3n) is 7.33. The van der Waals surface area contributed by atoms with Crippen molar-refractivity contribution in [1.29, 1.82) is 0 Å². The first-order valence-corrected chi connectivity index (χ1v) is 15.3. The highest BCUT2D eigenvalue weighted by Gasteiger charge is 2.36. The van der Waals surface area contributed by atoms with Crippen molar-refractivity contribution in [3.63, 3.8) is 0 Å². The Morgan fingerprint density at radius 2 is 1.37 bits per heavy atom. The summed E-state index contributed by atoms with van der Waals surface area (Å²) in [7, 11) is 1.74. The summed E-state index contributed by atoms with van der Waals surface area (Å²) in [5, 5.41) is -0.347. The first-order valence-electron chi connectivity index (χ1n) is 14.5. The van der Waals surface area contributed by atoms with E-state index in [9.17, 15) is 14.0 Å². The van der Waals surface area contributed by atoms with Gasteiger partial charge >= 0.3 is 0 Å². The number of amides is 2. The van der Waals surface area contributed by atoms with Gasteiger partial charge in [-0.3, -0.25) is 14.5 Å². The van der Waals surface area contributed by atoms with Gasteiger partial charge in [-0.05, 0) is 103 Å². The minimum Gasteiger partial charge on any atom is -0.494 e. The molecule has 2 heterocycles. The molecule has 2 fully saturated rings. The van der Waals surface area contributed by atoms with Crippen molar-refractivity contribution >= 4 is 34.7 Å². The Morgan fingerprint density at radius 1 is 0.767 bits per heavy atom. The number of nitrogens with zero attached hydrogens (tertiary/aromatic N) is 3. The third-order valence-corrected chi connectivity index (χ3v) is 8.20. The van der Waals surface area contributed by atoms with E-state index in [-0.39, 0.29) is 17.0 Å². The number of unbranched alkanes of at least 4 members (excludes halogenated alkanes) is 1. The molecule has 5 rings (SSSR count). The Balaban J connectivity index is 1.06. The summed E-state index contributed by atoms with van der Waals surface area (Å²) in [6.45, 7) is 7.84. The fourth-order valence-electron chi connectivity index (χ4n) is 4.89. The maximum Gasteiger partial charge on any atom is 0.298 e. The molecule has 0 radical (unpaired) electrons. The molecule has 0 saturated carbocycles. The smallest absolute Gasteiger partial charge is 0.298 e. The van der Waals surface area contributed by atoms with Crippen LogP contribution >= 0.6 is 11.8 Å². The van der Waals surface area contributed by atoms with Gasteiger partial charge in [-0.2, -0.15) is 0 Å². The van der Waals surface area contributed by atoms with Crippen LogP contribution in [0.25, 0.3) is 6.08 Å². The van der Waals surface area contributed by atoms with E-state index >= 15 is 0 Å². The summed E-state index contributed by atoms with van der Waals surface area (Å²) in [5.74, 6) is 1.11. The Labute approximate surface area is 256 Å². The molecule has 0 N–H and O–H groups in total. The number of thioether (sulfide) groups is 1.